The van der Waals surface area contributed by atoms with E-state index in [1.807, 2.05) is 0 Å². The molecule has 7 nitrogen and oxygen atoms in total. The molecule has 3 rings (SSSR count). The van der Waals surface area contributed by atoms with Gasteiger partial charge in [-0.15, -0.1) is 0 Å². The zero-order valence-corrected chi connectivity index (χ0v) is 13.3. The van der Waals surface area contributed by atoms with E-state index in [0.717, 1.165) is 32.2 Å². The van der Waals surface area contributed by atoms with Gasteiger partial charge in [0.2, 0.25) is 11.8 Å². The molecular formula is C16H25N3O4. The Bertz CT molecular complexity index is 504. The van der Waals surface area contributed by atoms with Crippen molar-refractivity contribution in [2.24, 2.45) is 11.3 Å². The Labute approximate surface area is 135 Å². The predicted molar refractivity (Wildman–Crippen MR) is 82.6 cm³/mol. The number of carbonyl (C=O) groups excluding carboxylic acids is 2. The first-order valence-electron chi connectivity index (χ1n) is 8.53. The average molecular weight is 323 g/mol. The van der Waals surface area contributed by atoms with E-state index < -0.39 is 12.0 Å². The number of nitrogens with one attached hydrogen (secondary N) is 3. The van der Waals surface area contributed by atoms with Crippen LogP contribution in [0.15, 0.2) is 0 Å². The van der Waals surface area contributed by atoms with Crippen molar-refractivity contribution in [3.8, 4) is 0 Å². The van der Waals surface area contributed by atoms with E-state index in [4.69, 9.17) is 0 Å². The molecule has 0 aromatic rings. The number of rotatable bonds is 6. The van der Waals surface area contributed by atoms with Gasteiger partial charge in [-0.2, -0.15) is 0 Å². The normalized spacial score (nSPS) is 29.8. The van der Waals surface area contributed by atoms with Crippen molar-refractivity contribution in [1.29, 1.82) is 0 Å². The molecule has 0 bridgehead atoms. The van der Waals surface area contributed by atoms with E-state index in [1.165, 1.54) is 6.42 Å². The van der Waals surface area contributed by atoms with Crippen LogP contribution in [0.5, 0.6) is 0 Å². The van der Waals surface area contributed by atoms with E-state index in [1.54, 1.807) is 0 Å². The number of carboxylic acids is 1. The van der Waals surface area contributed by atoms with Crippen LogP contribution < -0.4 is 16.0 Å². The van der Waals surface area contributed by atoms with Gasteiger partial charge in [0.15, 0.2) is 0 Å². The fourth-order valence-electron chi connectivity index (χ4n) is 3.98. The highest BCUT2D eigenvalue weighted by molar-refractivity contribution is 5.87. The van der Waals surface area contributed by atoms with Gasteiger partial charge in [0.1, 0.15) is 6.04 Å². The van der Waals surface area contributed by atoms with Gasteiger partial charge in [0.05, 0.1) is 6.04 Å². The lowest BCUT2D eigenvalue weighted by Crippen LogP contribution is -2.48. The van der Waals surface area contributed by atoms with Gasteiger partial charge in [0, 0.05) is 19.0 Å². The number of carbonyl (C=O) groups is 3. The maximum Gasteiger partial charge on any atom is 0.326 e. The summed E-state index contributed by atoms with van der Waals surface area (Å²) in [6, 6.07) is -1.21. The summed E-state index contributed by atoms with van der Waals surface area (Å²) in [5.74, 6) is -1.40. The molecule has 0 aromatic heterocycles. The minimum absolute atomic E-state index is 0.00940. The summed E-state index contributed by atoms with van der Waals surface area (Å²) in [6.45, 7) is 1.51. The molecule has 23 heavy (non-hydrogen) atoms. The van der Waals surface area contributed by atoms with Gasteiger partial charge in [-0.3, -0.25) is 9.59 Å². The lowest BCUT2D eigenvalue weighted by Gasteiger charge is -2.37. The third-order valence-electron chi connectivity index (χ3n) is 5.67. The van der Waals surface area contributed by atoms with Crippen molar-refractivity contribution in [2.75, 3.05) is 13.1 Å². The summed E-state index contributed by atoms with van der Waals surface area (Å²) in [6.07, 6.45) is 5.85. The molecule has 1 saturated carbocycles. The van der Waals surface area contributed by atoms with E-state index in [2.05, 4.69) is 16.0 Å². The Morgan fingerprint density at radius 3 is 2.70 bits per heavy atom. The highest BCUT2D eigenvalue weighted by Crippen LogP contribution is 2.47. The lowest BCUT2D eigenvalue weighted by atomic mass is 9.67. The first kappa shape index (κ1) is 16.2. The van der Waals surface area contributed by atoms with Gasteiger partial charge < -0.3 is 21.1 Å². The standard InChI is InChI=1S/C16H25N3O4/c20-13-10(4-7-17-13)2-3-11(15(22)23)19-14(21)12-8-16(9-18-12)5-1-6-16/h10-12,18H,1-9H2,(H,17,20)(H,19,21)(H,22,23)/t10-,11-,12?/m0/s1. The molecule has 2 saturated heterocycles. The Morgan fingerprint density at radius 2 is 2.17 bits per heavy atom. The van der Waals surface area contributed by atoms with Gasteiger partial charge in [-0.05, 0) is 43.9 Å². The lowest BCUT2D eigenvalue weighted by molar-refractivity contribution is -0.142. The SMILES string of the molecule is O=C(N[C@@H](CC[C@H]1CCNC1=O)C(=O)O)C1CC2(CCC2)CN1. The van der Waals surface area contributed by atoms with E-state index in [9.17, 15) is 19.5 Å². The van der Waals surface area contributed by atoms with Gasteiger partial charge in [-0.1, -0.05) is 6.42 Å². The highest BCUT2D eigenvalue weighted by atomic mass is 16.4. The molecule has 4 N–H and O–H groups in total. The quantitative estimate of drug-likeness (QED) is 0.550. The van der Waals surface area contributed by atoms with Crippen molar-refractivity contribution in [3.63, 3.8) is 0 Å². The third-order valence-corrected chi connectivity index (χ3v) is 5.67. The average Bonchev–Trinajstić information content (AvgIpc) is 3.09. The number of amides is 2. The number of hydrogen-bond acceptors (Lipinski definition) is 4. The molecule has 0 aromatic carbocycles. The van der Waals surface area contributed by atoms with Crippen LogP contribution in [0.3, 0.4) is 0 Å². The minimum atomic E-state index is -1.03. The number of carboxylic acid groups (broad SMARTS) is 1. The summed E-state index contributed by atoms with van der Waals surface area (Å²) >= 11 is 0. The second-order valence-electron chi connectivity index (χ2n) is 7.24. The second kappa shape index (κ2) is 6.47. The summed E-state index contributed by atoms with van der Waals surface area (Å²) in [4.78, 5) is 35.3. The van der Waals surface area contributed by atoms with Gasteiger partial charge in [-0.25, -0.2) is 4.79 Å². The Balaban J connectivity index is 1.49. The first-order valence-corrected chi connectivity index (χ1v) is 8.53. The molecule has 0 radical (unpaired) electrons. The van der Waals surface area contributed by atoms with Crippen LogP contribution in [0.2, 0.25) is 0 Å². The van der Waals surface area contributed by atoms with Crippen LogP contribution in [0.1, 0.15) is 44.9 Å². The Morgan fingerprint density at radius 1 is 1.39 bits per heavy atom. The molecule has 3 aliphatic rings. The summed E-state index contributed by atoms with van der Waals surface area (Å²) in [7, 11) is 0. The van der Waals surface area contributed by atoms with Crippen LogP contribution in [0.4, 0.5) is 0 Å². The zero-order valence-electron chi connectivity index (χ0n) is 13.3. The van der Waals surface area contributed by atoms with Gasteiger partial charge >= 0.3 is 5.97 Å². The fourth-order valence-corrected chi connectivity index (χ4v) is 3.98. The molecule has 2 amide bonds. The molecule has 7 heteroatoms. The summed E-state index contributed by atoms with van der Waals surface area (Å²) in [5.41, 5.74) is 0.267. The van der Waals surface area contributed by atoms with Crippen LogP contribution in [0.25, 0.3) is 0 Å². The molecule has 1 spiro atoms. The number of aliphatic carboxylic acids is 1. The Kier molecular flexibility index (Phi) is 4.57. The van der Waals surface area contributed by atoms with Crippen LogP contribution in [-0.2, 0) is 14.4 Å². The zero-order chi connectivity index (χ0) is 16.4. The molecule has 128 valence electrons. The minimum Gasteiger partial charge on any atom is -0.480 e. The van der Waals surface area contributed by atoms with Crippen molar-refractivity contribution < 1.29 is 19.5 Å². The second-order valence-corrected chi connectivity index (χ2v) is 7.24. The smallest absolute Gasteiger partial charge is 0.326 e. The molecular weight excluding hydrogens is 298 g/mol. The summed E-state index contributed by atoms with van der Waals surface area (Å²) < 4.78 is 0. The van der Waals surface area contributed by atoms with E-state index in [0.29, 0.717) is 13.0 Å². The van der Waals surface area contributed by atoms with Crippen LogP contribution in [-0.4, -0.2) is 48.1 Å². The molecule has 1 unspecified atom stereocenters. The topological polar surface area (TPSA) is 108 Å². The molecule has 1 aliphatic carbocycles. The Hall–Kier alpha value is -1.63. The van der Waals surface area contributed by atoms with Gasteiger partial charge in [0.25, 0.3) is 0 Å². The summed E-state index contributed by atoms with van der Waals surface area (Å²) in [5, 5.41) is 18.0. The molecule has 3 fully saturated rings. The third kappa shape index (κ3) is 3.49. The monoisotopic (exact) mass is 323 g/mol. The van der Waals surface area contributed by atoms with Crippen molar-refractivity contribution in [3.05, 3.63) is 0 Å². The van der Waals surface area contributed by atoms with E-state index in [-0.39, 0.29) is 35.6 Å². The largest absolute Gasteiger partial charge is 0.480 e. The maximum atomic E-state index is 12.3. The highest BCUT2D eigenvalue weighted by Gasteiger charge is 2.45. The van der Waals surface area contributed by atoms with Crippen LogP contribution in [0, 0.1) is 11.3 Å². The molecule has 3 atom stereocenters. The van der Waals surface area contributed by atoms with Crippen molar-refractivity contribution in [2.45, 2.75) is 57.0 Å². The van der Waals surface area contributed by atoms with E-state index >= 15 is 0 Å². The van der Waals surface area contributed by atoms with Crippen LogP contribution >= 0.6 is 0 Å². The fraction of sp³-hybridized carbons (Fsp3) is 0.812. The molecule has 2 aliphatic heterocycles. The number of hydrogen-bond donors (Lipinski definition) is 4. The predicted octanol–water partition coefficient (Wildman–Crippen LogP) is 0.00430. The van der Waals surface area contributed by atoms with Crippen molar-refractivity contribution >= 4 is 17.8 Å². The van der Waals surface area contributed by atoms with Crippen molar-refractivity contribution in [1.82, 2.24) is 16.0 Å². The first-order chi connectivity index (χ1) is 11.0. The molecule has 2 heterocycles. The maximum absolute atomic E-state index is 12.3.